The van der Waals surface area contributed by atoms with Crippen molar-refractivity contribution in [3.8, 4) is 0 Å². The second kappa shape index (κ2) is 8.90. The molecule has 5 heteroatoms. The highest BCUT2D eigenvalue weighted by atomic mass is 16.5. The summed E-state index contributed by atoms with van der Waals surface area (Å²) in [5.74, 6) is 1.37. The van der Waals surface area contributed by atoms with Gasteiger partial charge in [0.05, 0.1) is 13.0 Å². The Morgan fingerprint density at radius 1 is 1.23 bits per heavy atom. The SMILES string of the molecule is CCOC(=O)CCN1c2ccc(CC(=O)/C=C/c3ccc(C)o3)cc2C(C)(C)C1C. The van der Waals surface area contributed by atoms with E-state index in [0.717, 1.165) is 17.0 Å². The zero-order valence-corrected chi connectivity index (χ0v) is 18.5. The van der Waals surface area contributed by atoms with E-state index in [2.05, 4.69) is 37.8 Å². The van der Waals surface area contributed by atoms with E-state index in [4.69, 9.17) is 9.15 Å². The van der Waals surface area contributed by atoms with Crippen LogP contribution in [0.1, 0.15) is 56.8 Å². The highest BCUT2D eigenvalue weighted by Gasteiger charge is 2.41. The number of benzene rings is 1. The van der Waals surface area contributed by atoms with Crippen LogP contribution < -0.4 is 4.90 Å². The van der Waals surface area contributed by atoms with Gasteiger partial charge >= 0.3 is 5.97 Å². The van der Waals surface area contributed by atoms with E-state index < -0.39 is 0 Å². The molecule has 160 valence electrons. The Morgan fingerprint density at radius 3 is 2.67 bits per heavy atom. The molecule has 30 heavy (non-hydrogen) atoms. The summed E-state index contributed by atoms with van der Waals surface area (Å²) in [5, 5.41) is 0. The lowest BCUT2D eigenvalue weighted by atomic mass is 9.80. The maximum absolute atomic E-state index is 12.4. The Kier molecular flexibility index (Phi) is 6.49. The molecular weight excluding hydrogens is 378 g/mol. The van der Waals surface area contributed by atoms with Crippen molar-refractivity contribution in [1.82, 2.24) is 0 Å². The summed E-state index contributed by atoms with van der Waals surface area (Å²) in [7, 11) is 0. The third kappa shape index (κ3) is 4.66. The molecule has 0 saturated heterocycles. The number of allylic oxidation sites excluding steroid dienone is 1. The summed E-state index contributed by atoms with van der Waals surface area (Å²) in [6, 6.07) is 10.2. The van der Waals surface area contributed by atoms with Crippen LogP contribution in [0.25, 0.3) is 6.08 Å². The fourth-order valence-electron chi connectivity index (χ4n) is 4.02. The number of hydrogen-bond donors (Lipinski definition) is 0. The van der Waals surface area contributed by atoms with Crippen molar-refractivity contribution in [2.45, 2.75) is 58.9 Å². The first kappa shape index (κ1) is 21.9. The summed E-state index contributed by atoms with van der Waals surface area (Å²) in [4.78, 5) is 26.5. The van der Waals surface area contributed by atoms with Gasteiger partial charge in [0.1, 0.15) is 11.5 Å². The van der Waals surface area contributed by atoms with E-state index in [-0.39, 0.29) is 23.2 Å². The minimum absolute atomic E-state index is 0.0343. The number of nitrogens with zero attached hydrogens (tertiary/aromatic N) is 1. The van der Waals surface area contributed by atoms with Crippen LogP contribution in [-0.2, 0) is 26.2 Å². The van der Waals surface area contributed by atoms with E-state index in [1.54, 1.807) is 12.2 Å². The molecule has 3 rings (SSSR count). The molecule has 1 aromatic heterocycles. The van der Waals surface area contributed by atoms with Gasteiger partial charge in [-0.2, -0.15) is 0 Å². The molecule has 2 aromatic rings. The number of ketones is 1. The number of furan rings is 1. The van der Waals surface area contributed by atoms with Crippen molar-refractivity contribution in [2.75, 3.05) is 18.1 Å². The number of hydrogen-bond acceptors (Lipinski definition) is 5. The maximum atomic E-state index is 12.4. The van der Waals surface area contributed by atoms with Gasteiger partial charge in [0.2, 0.25) is 0 Å². The molecule has 0 spiro atoms. The van der Waals surface area contributed by atoms with E-state index in [9.17, 15) is 9.59 Å². The van der Waals surface area contributed by atoms with E-state index in [1.165, 1.54) is 5.56 Å². The van der Waals surface area contributed by atoms with Crippen LogP contribution >= 0.6 is 0 Å². The van der Waals surface area contributed by atoms with Gasteiger partial charge in [0.25, 0.3) is 0 Å². The predicted molar refractivity (Wildman–Crippen MR) is 119 cm³/mol. The second-order valence-electron chi connectivity index (χ2n) is 8.42. The van der Waals surface area contributed by atoms with E-state index in [1.807, 2.05) is 32.0 Å². The Balaban J connectivity index is 1.73. The molecular formula is C25H31NO4. The molecule has 1 aromatic carbocycles. The van der Waals surface area contributed by atoms with E-state index >= 15 is 0 Å². The Bertz CT molecular complexity index is 954. The number of anilines is 1. The normalized spacial score (nSPS) is 17.4. The minimum Gasteiger partial charge on any atom is -0.466 e. The van der Waals surface area contributed by atoms with E-state index in [0.29, 0.717) is 31.8 Å². The molecule has 5 nitrogen and oxygen atoms in total. The van der Waals surface area contributed by atoms with Crippen LogP contribution in [0.15, 0.2) is 40.8 Å². The molecule has 0 saturated carbocycles. The lowest BCUT2D eigenvalue weighted by Gasteiger charge is -2.31. The molecule has 0 amide bonds. The first-order valence-electron chi connectivity index (χ1n) is 10.6. The van der Waals surface area contributed by atoms with Crippen LogP contribution in [0, 0.1) is 6.92 Å². The van der Waals surface area contributed by atoms with Gasteiger partial charge < -0.3 is 14.1 Å². The quantitative estimate of drug-likeness (QED) is 0.461. The number of ether oxygens (including phenoxy) is 1. The monoisotopic (exact) mass is 409 g/mol. The molecule has 1 aliphatic heterocycles. The molecule has 2 heterocycles. The van der Waals surface area contributed by atoms with Gasteiger partial charge in [-0.15, -0.1) is 0 Å². The zero-order valence-electron chi connectivity index (χ0n) is 18.5. The number of aryl methyl sites for hydroxylation is 1. The Labute approximate surface area is 178 Å². The molecule has 0 bridgehead atoms. The van der Waals surface area contributed by atoms with Gasteiger partial charge in [-0.25, -0.2) is 0 Å². The Morgan fingerprint density at radius 2 is 2.00 bits per heavy atom. The van der Waals surface area contributed by atoms with Gasteiger partial charge in [-0.05, 0) is 62.2 Å². The van der Waals surface area contributed by atoms with Crippen molar-refractivity contribution in [3.05, 3.63) is 59.1 Å². The summed E-state index contributed by atoms with van der Waals surface area (Å²) in [6.07, 6.45) is 4.00. The van der Waals surface area contributed by atoms with Crippen LogP contribution in [0.2, 0.25) is 0 Å². The molecule has 1 aliphatic rings. The average Bonchev–Trinajstić information content (AvgIpc) is 3.19. The third-order valence-corrected chi connectivity index (χ3v) is 6.01. The van der Waals surface area contributed by atoms with Gasteiger partial charge in [-0.1, -0.05) is 26.0 Å². The molecule has 1 unspecified atom stereocenters. The Hall–Kier alpha value is -2.82. The highest BCUT2D eigenvalue weighted by molar-refractivity contribution is 5.94. The van der Waals surface area contributed by atoms with Crippen LogP contribution in [-0.4, -0.2) is 30.9 Å². The van der Waals surface area contributed by atoms with Gasteiger partial charge in [0.15, 0.2) is 5.78 Å². The lowest BCUT2D eigenvalue weighted by molar-refractivity contribution is -0.142. The number of esters is 1. The smallest absolute Gasteiger partial charge is 0.307 e. The molecule has 0 fully saturated rings. The van der Waals surface area contributed by atoms with Crippen molar-refractivity contribution >= 4 is 23.5 Å². The summed E-state index contributed by atoms with van der Waals surface area (Å²) in [5.41, 5.74) is 3.26. The predicted octanol–water partition coefficient (Wildman–Crippen LogP) is 4.85. The maximum Gasteiger partial charge on any atom is 0.307 e. The number of carbonyl (C=O) groups is 2. The van der Waals surface area contributed by atoms with Crippen LogP contribution in [0.4, 0.5) is 5.69 Å². The van der Waals surface area contributed by atoms with Gasteiger partial charge in [0, 0.05) is 30.1 Å². The van der Waals surface area contributed by atoms with Crippen molar-refractivity contribution in [2.24, 2.45) is 0 Å². The van der Waals surface area contributed by atoms with Crippen LogP contribution in [0.5, 0.6) is 0 Å². The third-order valence-electron chi connectivity index (χ3n) is 6.01. The first-order valence-corrected chi connectivity index (χ1v) is 10.6. The van der Waals surface area contributed by atoms with Crippen molar-refractivity contribution in [1.29, 1.82) is 0 Å². The standard InChI is InChI=1S/C25H31NO4/c1-6-29-24(28)13-14-26-18(3)25(4,5)22-16-19(8-12-23(22)26)15-20(27)9-11-21-10-7-17(2)30-21/h7-12,16,18H,6,13-15H2,1-5H3/b11-9+. The molecule has 0 N–H and O–H groups in total. The number of carbonyl (C=O) groups excluding carboxylic acids is 2. The zero-order chi connectivity index (χ0) is 21.9. The van der Waals surface area contributed by atoms with Crippen molar-refractivity contribution in [3.63, 3.8) is 0 Å². The molecule has 0 radical (unpaired) electrons. The number of fused-ring (bicyclic) bond motifs is 1. The average molecular weight is 410 g/mol. The number of rotatable bonds is 8. The summed E-state index contributed by atoms with van der Waals surface area (Å²) >= 11 is 0. The molecule has 1 atom stereocenters. The first-order chi connectivity index (χ1) is 14.2. The van der Waals surface area contributed by atoms with Crippen molar-refractivity contribution < 1.29 is 18.7 Å². The second-order valence-corrected chi connectivity index (χ2v) is 8.42. The highest BCUT2D eigenvalue weighted by Crippen LogP contribution is 2.45. The summed E-state index contributed by atoms with van der Waals surface area (Å²) in [6.45, 7) is 11.3. The topological polar surface area (TPSA) is 59.8 Å². The fourth-order valence-corrected chi connectivity index (χ4v) is 4.02. The fraction of sp³-hybridized carbons (Fsp3) is 0.440. The molecule has 0 aliphatic carbocycles. The van der Waals surface area contributed by atoms with Crippen LogP contribution in [0.3, 0.4) is 0 Å². The lowest BCUT2D eigenvalue weighted by Crippen LogP contribution is -2.40. The summed E-state index contributed by atoms with van der Waals surface area (Å²) < 4.78 is 10.6. The van der Waals surface area contributed by atoms with Gasteiger partial charge in [-0.3, -0.25) is 9.59 Å². The largest absolute Gasteiger partial charge is 0.466 e. The minimum atomic E-state index is -0.170.